The van der Waals surface area contributed by atoms with Crippen LogP contribution in [0.5, 0.6) is 0 Å². The highest BCUT2D eigenvalue weighted by Gasteiger charge is 2.26. The van der Waals surface area contributed by atoms with Gasteiger partial charge in [-0.25, -0.2) is 0 Å². The fourth-order valence-electron chi connectivity index (χ4n) is 5.03. The molecule has 2 saturated heterocycles. The molecule has 5 nitrogen and oxygen atoms in total. The molecule has 0 spiro atoms. The van der Waals surface area contributed by atoms with Gasteiger partial charge in [0.2, 0.25) is 11.8 Å². The van der Waals surface area contributed by atoms with Crippen molar-refractivity contribution in [2.75, 3.05) is 26.2 Å². The second-order valence-corrected chi connectivity index (χ2v) is 8.73. The first-order valence-electron chi connectivity index (χ1n) is 11.6. The Bertz CT molecular complexity index is 1040. The second kappa shape index (κ2) is 10.4. The van der Waals surface area contributed by atoms with E-state index < -0.39 is 0 Å². The lowest BCUT2D eigenvalue weighted by atomic mass is 9.86. The van der Waals surface area contributed by atoms with Gasteiger partial charge < -0.3 is 15.5 Å². The van der Waals surface area contributed by atoms with Crippen molar-refractivity contribution in [3.8, 4) is 0 Å². The third-order valence-corrected chi connectivity index (χ3v) is 6.77. The van der Waals surface area contributed by atoms with Crippen molar-refractivity contribution in [3.63, 3.8) is 0 Å². The van der Waals surface area contributed by atoms with Crippen LogP contribution in [0.3, 0.4) is 0 Å². The Morgan fingerprint density at radius 2 is 1.55 bits per heavy atom. The van der Waals surface area contributed by atoms with Crippen LogP contribution in [0, 0.1) is 0 Å². The first kappa shape index (κ1) is 23.3. The average Bonchev–Trinajstić information content (AvgIpc) is 3.33. The number of piperidine rings is 1. The maximum absolute atomic E-state index is 12.7. The monoisotopic (exact) mass is 463 g/mol. The van der Waals surface area contributed by atoms with E-state index in [-0.39, 0.29) is 36.8 Å². The van der Waals surface area contributed by atoms with E-state index in [0.717, 1.165) is 32.2 Å². The van der Waals surface area contributed by atoms with E-state index in [1.54, 1.807) is 0 Å². The van der Waals surface area contributed by atoms with Gasteiger partial charge in [-0.3, -0.25) is 9.59 Å². The van der Waals surface area contributed by atoms with Crippen molar-refractivity contribution in [1.82, 2.24) is 15.5 Å². The summed E-state index contributed by atoms with van der Waals surface area (Å²) in [6.45, 7) is 2.33. The highest BCUT2D eigenvalue weighted by Crippen LogP contribution is 2.38. The molecule has 1 atom stereocenters. The molecule has 1 aliphatic carbocycles. The van der Waals surface area contributed by atoms with Crippen LogP contribution in [-0.4, -0.2) is 48.9 Å². The van der Waals surface area contributed by atoms with E-state index in [2.05, 4.69) is 71.3 Å². The summed E-state index contributed by atoms with van der Waals surface area (Å²) in [6, 6.07) is 16.9. The molecule has 2 aromatic rings. The number of carbonyl (C=O) groups is 2. The van der Waals surface area contributed by atoms with E-state index in [1.807, 2.05) is 4.90 Å². The Hall–Kier alpha value is -2.89. The predicted molar refractivity (Wildman–Crippen MR) is 135 cm³/mol. The molecule has 6 heteroatoms. The number of rotatable bonds is 3. The molecule has 2 aliphatic heterocycles. The predicted octanol–water partition coefficient (Wildman–Crippen LogP) is 3.88. The molecule has 2 amide bonds. The van der Waals surface area contributed by atoms with Crippen LogP contribution >= 0.6 is 12.4 Å². The van der Waals surface area contributed by atoms with E-state index in [1.165, 1.54) is 33.4 Å². The number of amides is 2. The molecular weight excluding hydrogens is 434 g/mol. The molecule has 2 heterocycles. The fourth-order valence-corrected chi connectivity index (χ4v) is 5.03. The lowest BCUT2D eigenvalue weighted by Crippen LogP contribution is -2.47. The largest absolute Gasteiger partial charge is 0.346 e. The topological polar surface area (TPSA) is 61.4 Å². The minimum absolute atomic E-state index is 0. The number of fused-ring (bicyclic) bond motifs is 2. The zero-order valence-electron chi connectivity index (χ0n) is 18.7. The molecule has 172 valence electrons. The molecule has 5 rings (SSSR count). The lowest BCUT2D eigenvalue weighted by Gasteiger charge is -2.31. The van der Waals surface area contributed by atoms with Crippen molar-refractivity contribution in [2.24, 2.45) is 0 Å². The summed E-state index contributed by atoms with van der Waals surface area (Å²) in [5.74, 6) is -0.0569. The van der Waals surface area contributed by atoms with Crippen molar-refractivity contribution < 1.29 is 9.59 Å². The Balaban J connectivity index is 0.00000259. The van der Waals surface area contributed by atoms with E-state index in [9.17, 15) is 9.59 Å². The third-order valence-electron chi connectivity index (χ3n) is 6.77. The Labute approximate surface area is 201 Å². The van der Waals surface area contributed by atoms with Gasteiger partial charge in [-0.15, -0.1) is 12.4 Å². The SMILES string of the molecule is Cl.O=C(NCC(=O)N1CCC(=C2c3ccccc3C=Cc3ccccc32)CC1)[C@H]1CCCN1. The quantitative estimate of drug-likeness (QED) is 0.619. The summed E-state index contributed by atoms with van der Waals surface area (Å²) < 4.78 is 0. The summed E-state index contributed by atoms with van der Waals surface area (Å²) in [5, 5.41) is 5.99. The molecule has 0 bridgehead atoms. The van der Waals surface area contributed by atoms with E-state index in [0.29, 0.717) is 13.1 Å². The van der Waals surface area contributed by atoms with Crippen LogP contribution < -0.4 is 10.6 Å². The number of hydrogen-bond acceptors (Lipinski definition) is 3. The highest BCUT2D eigenvalue weighted by atomic mass is 35.5. The summed E-state index contributed by atoms with van der Waals surface area (Å²) in [4.78, 5) is 26.8. The maximum atomic E-state index is 12.7. The summed E-state index contributed by atoms with van der Waals surface area (Å²) in [5.41, 5.74) is 7.70. The molecular formula is C27H30ClN3O2. The van der Waals surface area contributed by atoms with Crippen LogP contribution in [0.25, 0.3) is 17.7 Å². The average molecular weight is 464 g/mol. The molecule has 0 saturated carbocycles. The van der Waals surface area contributed by atoms with Crippen molar-refractivity contribution in [2.45, 2.75) is 31.7 Å². The molecule has 2 fully saturated rings. The number of nitrogens with one attached hydrogen (secondary N) is 2. The molecule has 0 radical (unpaired) electrons. The first-order chi connectivity index (χ1) is 15.7. The van der Waals surface area contributed by atoms with Gasteiger partial charge in [0.05, 0.1) is 12.6 Å². The van der Waals surface area contributed by atoms with Gasteiger partial charge in [0.1, 0.15) is 0 Å². The fraction of sp³-hybridized carbons (Fsp3) is 0.333. The number of nitrogens with zero attached hydrogens (tertiary/aromatic N) is 1. The third kappa shape index (κ3) is 4.90. The van der Waals surface area contributed by atoms with E-state index in [4.69, 9.17) is 0 Å². The second-order valence-electron chi connectivity index (χ2n) is 8.73. The number of halogens is 1. The minimum Gasteiger partial charge on any atom is -0.346 e. The van der Waals surface area contributed by atoms with Crippen LogP contribution in [-0.2, 0) is 9.59 Å². The minimum atomic E-state index is -0.149. The maximum Gasteiger partial charge on any atom is 0.241 e. The van der Waals surface area contributed by atoms with Gasteiger partial charge in [-0.05, 0) is 60.1 Å². The summed E-state index contributed by atoms with van der Waals surface area (Å²) in [6.07, 6.45) is 7.95. The van der Waals surface area contributed by atoms with Crippen LogP contribution in [0.4, 0.5) is 0 Å². The number of carbonyl (C=O) groups excluding carboxylic acids is 2. The number of benzene rings is 2. The zero-order chi connectivity index (χ0) is 21.9. The number of likely N-dealkylation sites (tertiary alicyclic amines) is 1. The molecule has 3 aliphatic rings. The van der Waals surface area contributed by atoms with Crippen LogP contribution in [0.15, 0.2) is 54.1 Å². The Kier molecular flexibility index (Phi) is 7.31. The zero-order valence-corrected chi connectivity index (χ0v) is 19.5. The molecule has 0 aromatic heterocycles. The van der Waals surface area contributed by atoms with E-state index >= 15 is 0 Å². The van der Waals surface area contributed by atoms with Gasteiger partial charge >= 0.3 is 0 Å². The van der Waals surface area contributed by atoms with Gasteiger partial charge in [-0.1, -0.05) is 66.3 Å². The smallest absolute Gasteiger partial charge is 0.241 e. The summed E-state index contributed by atoms with van der Waals surface area (Å²) >= 11 is 0. The normalized spacial score (nSPS) is 19.3. The standard InChI is InChI=1S/C27H29N3O2.ClH/c31-25(18-29-27(32)24-10-5-15-28-24)30-16-13-21(14-17-30)26-22-8-3-1-6-19(22)11-12-20-7-2-4-9-23(20)26;/h1-4,6-9,11-12,24,28H,5,10,13-18H2,(H,29,32);1H/t24-;/m1./s1. The lowest BCUT2D eigenvalue weighted by molar-refractivity contribution is -0.133. The molecule has 2 aromatic carbocycles. The van der Waals surface area contributed by atoms with Crippen LogP contribution in [0.1, 0.15) is 47.9 Å². The van der Waals surface area contributed by atoms with Gasteiger partial charge in [0.25, 0.3) is 0 Å². The number of hydrogen-bond donors (Lipinski definition) is 2. The van der Waals surface area contributed by atoms with Crippen LogP contribution in [0.2, 0.25) is 0 Å². The first-order valence-corrected chi connectivity index (χ1v) is 11.6. The highest BCUT2D eigenvalue weighted by molar-refractivity contribution is 5.95. The Morgan fingerprint density at radius 1 is 0.939 bits per heavy atom. The van der Waals surface area contributed by atoms with Gasteiger partial charge in [0, 0.05) is 13.1 Å². The van der Waals surface area contributed by atoms with Crippen molar-refractivity contribution >= 4 is 41.9 Å². The summed E-state index contributed by atoms with van der Waals surface area (Å²) in [7, 11) is 0. The molecule has 2 N–H and O–H groups in total. The van der Waals surface area contributed by atoms with Gasteiger partial charge in [-0.2, -0.15) is 0 Å². The Morgan fingerprint density at radius 3 is 2.12 bits per heavy atom. The van der Waals surface area contributed by atoms with Crippen molar-refractivity contribution in [3.05, 3.63) is 76.4 Å². The van der Waals surface area contributed by atoms with Gasteiger partial charge in [0.15, 0.2) is 0 Å². The molecule has 33 heavy (non-hydrogen) atoms. The molecule has 0 unspecified atom stereocenters. The van der Waals surface area contributed by atoms with Crippen molar-refractivity contribution in [1.29, 1.82) is 0 Å².